The van der Waals surface area contributed by atoms with Crippen LogP contribution in [0, 0.1) is 0 Å². The maximum atomic E-state index is 5.59. The Hall–Kier alpha value is 1.19. The second-order valence-corrected chi connectivity index (χ2v) is 9.49. The van der Waals surface area contributed by atoms with E-state index in [-0.39, 0.29) is 0 Å². The van der Waals surface area contributed by atoms with Crippen molar-refractivity contribution in [2.45, 2.75) is 26.3 Å². The SMILES string of the molecule is CCC(C)NP(=S)(Cl)Cl. The van der Waals surface area contributed by atoms with Crippen LogP contribution in [0.15, 0.2) is 0 Å². The van der Waals surface area contributed by atoms with Crippen LogP contribution >= 0.6 is 27.4 Å². The average Bonchev–Trinajstić information content (AvgIpc) is 1.62. The largest absolute Gasteiger partial charge is 0.263 e. The van der Waals surface area contributed by atoms with Crippen LogP contribution in [0.3, 0.4) is 0 Å². The molecule has 5 heteroatoms. The van der Waals surface area contributed by atoms with Gasteiger partial charge < -0.3 is 0 Å². The molecule has 0 aromatic heterocycles. The van der Waals surface area contributed by atoms with E-state index in [9.17, 15) is 0 Å². The molecular formula is C4H10Cl2NPS. The molecule has 1 unspecified atom stereocenters. The van der Waals surface area contributed by atoms with E-state index < -0.39 is 4.89 Å². The maximum absolute atomic E-state index is 5.59. The summed E-state index contributed by atoms with van der Waals surface area (Å²) in [5.41, 5.74) is 0. The molecule has 56 valence electrons. The fourth-order valence-corrected chi connectivity index (χ4v) is 2.58. The van der Waals surface area contributed by atoms with Crippen molar-refractivity contribution in [3.8, 4) is 0 Å². The zero-order chi connectivity index (χ0) is 7.49. The first-order valence-electron chi connectivity index (χ1n) is 2.73. The Morgan fingerprint density at radius 1 is 1.67 bits per heavy atom. The molecule has 1 N–H and O–H groups in total. The first kappa shape index (κ1) is 10.2. The molecule has 0 aliphatic carbocycles. The van der Waals surface area contributed by atoms with Crippen molar-refractivity contribution < 1.29 is 0 Å². The number of halogens is 2. The highest BCUT2D eigenvalue weighted by Gasteiger charge is 2.09. The van der Waals surface area contributed by atoms with Crippen LogP contribution in [0.2, 0.25) is 0 Å². The predicted molar refractivity (Wildman–Crippen MR) is 48.9 cm³/mol. The molecule has 0 aliphatic heterocycles. The molecule has 0 radical (unpaired) electrons. The summed E-state index contributed by atoms with van der Waals surface area (Å²) in [7, 11) is 0. The van der Waals surface area contributed by atoms with Crippen LogP contribution in [0.1, 0.15) is 20.3 Å². The van der Waals surface area contributed by atoms with Gasteiger partial charge in [0.15, 0.2) is 4.89 Å². The Kier molecular flexibility index (Phi) is 4.70. The molecule has 0 amide bonds. The zero-order valence-electron chi connectivity index (χ0n) is 5.40. The van der Waals surface area contributed by atoms with Gasteiger partial charge in [0.2, 0.25) is 0 Å². The van der Waals surface area contributed by atoms with Crippen LogP contribution in [0.25, 0.3) is 0 Å². The molecule has 9 heavy (non-hydrogen) atoms. The van der Waals surface area contributed by atoms with Gasteiger partial charge in [0.25, 0.3) is 0 Å². The van der Waals surface area contributed by atoms with E-state index in [1.54, 1.807) is 0 Å². The molecule has 0 rings (SSSR count). The Morgan fingerprint density at radius 2 is 2.11 bits per heavy atom. The van der Waals surface area contributed by atoms with Crippen LogP contribution in [0.4, 0.5) is 0 Å². The smallest absolute Gasteiger partial charge is 0.181 e. The molecule has 0 spiro atoms. The third-order valence-electron chi connectivity index (χ3n) is 0.983. The van der Waals surface area contributed by atoms with Crippen LogP contribution in [-0.2, 0) is 11.8 Å². The molecule has 0 saturated heterocycles. The van der Waals surface area contributed by atoms with Gasteiger partial charge in [0.05, 0.1) is 0 Å². The summed E-state index contributed by atoms with van der Waals surface area (Å²) >= 11 is 15.9. The topological polar surface area (TPSA) is 12.0 Å². The van der Waals surface area contributed by atoms with Crippen molar-refractivity contribution in [3.63, 3.8) is 0 Å². The molecule has 0 aromatic carbocycles. The minimum absolute atomic E-state index is 0.325. The maximum Gasteiger partial charge on any atom is 0.181 e. The van der Waals surface area contributed by atoms with Gasteiger partial charge in [-0.25, -0.2) is 0 Å². The van der Waals surface area contributed by atoms with Gasteiger partial charge in [-0.2, -0.15) is 0 Å². The lowest BCUT2D eigenvalue weighted by Gasteiger charge is -2.13. The normalized spacial score (nSPS) is 15.6. The third-order valence-corrected chi connectivity index (χ3v) is 2.63. The lowest BCUT2D eigenvalue weighted by Crippen LogP contribution is -2.17. The van der Waals surface area contributed by atoms with E-state index in [2.05, 4.69) is 12.0 Å². The molecule has 1 atom stereocenters. The number of hydrogen-bond acceptors (Lipinski definition) is 1. The fraction of sp³-hybridized carbons (Fsp3) is 1.00. The minimum atomic E-state index is -2.21. The Morgan fingerprint density at radius 3 is 2.22 bits per heavy atom. The van der Waals surface area contributed by atoms with Gasteiger partial charge in [0, 0.05) is 6.04 Å². The van der Waals surface area contributed by atoms with E-state index >= 15 is 0 Å². The highest BCUT2D eigenvalue weighted by atomic mass is 35.9. The monoisotopic (exact) mass is 205 g/mol. The third kappa shape index (κ3) is 7.08. The zero-order valence-corrected chi connectivity index (χ0v) is 8.62. The molecule has 0 saturated carbocycles. The predicted octanol–water partition coefficient (Wildman–Crippen LogP) is 3.08. The molecular weight excluding hydrogens is 196 g/mol. The summed E-state index contributed by atoms with van der Waals surface area (Å²) in [6, 6.07) is 0.325. The lowest BCUT2D eigenvalue weighted by atomic mass is 10.3. The quantitative estimate of drug-likeness (QED) is 0.712. The van der Waals surface area contributed by atoms with E-state index in [0.29, 0.717) is 6.04 Å². The highest BCUT2D eigenvalue weighted by Crippen LogP contribution is 2.53. The van der Waals surface area contributed by atoms with Crippen molar-refractivity contribution in [2.24, 2.45) is 0 Å². The first-order chi connectivity index (χ1) is 3.95. The van der Waals surface area contributed by atoms with Crippen molar-refractivity contribution >= 4 is 39.2 Å². The summed E-state index contributed by atoms with van der Waals surface area (Å²) in [6.45, 7) is 4.06. The van der Waals surface area contributed by atoms with Crippen LogP contribution < -0.4 is 5.09 Å². The molecule has 0 bridgehead atoms. The van der Waals surface area contributed by atoms with Crippen LogP contribution in [0.5, 0.6) is 0 Å². The minimum Gasteiger partial charge on any atom is -0.263 e. The first-order valence-corrected chi connectivity index (χ1v) is 7.34. The fourth-order valence-electron chi connectivity index (χ4n) is 0.348. The van der Waals surface area contributed by atoms with Crippen LogP contribution in [-0.4, -0.2) is 6.04 Å². The van der Waals surface area contributed by atoms with Crippen molar-refractivity contribution in [1.82, 2.24) is 5.09 Å². The molecule has 0 aliphatic rings. The van der Waals surface area contributed by atoms with E-state index in [0.717, 1.165) is 6.42 Å². The van der Waals surface area contributed by atoms with E-state index in [4.69, 9.17) is 34.3 Å². The molecule has 0 aromatic rings. The Bertz CT molecular complexity index is 124. The summed E-state index contributed by atoms with van der Waals surface area (Å²) in [5.74, 6) is 0. The van der Waals surface area contributed by atoms with Gasteiger partial charge in [-0.15, -0.1) is 0 Å². The van der Waals surface area contributed by atoms with Gasteiger partial charge in [0.1, 0.15) is 0 Å². The van der Waals surface area contributed by atoms with Crippen molar-refractivity contribution in [2.75, 3.05) is 0 Å². The van der Waals surface area contributed by atoms with Crippen molar-refractivity contribution in [1.29, 1.82) is 0 Å². The summed E-state index contributed by atoms with van der Waals surface area (Å²) in [4.78, 5) is -2.21. The standard InChI is InChI=1S/C4H10Cl2NPS/c1-3-4(2)7-8(5,6)9/h4H,3H2,1-2H3,(H,7,9). The van der Waals surface area contributed by atoms with Gasteiger partial charge >= 0.3 is 0 Å². The number of hydrogen-bond donors (Lipinski definition) is 1. The number of rotatable bonds is 3. The summed E-state index contributed by atoms with van der Waals surface area (Å²) in [6.07, 6.45) is 0.998. The average molecular weight is 206 g/mol. The van der Waals surface area contributed by atoms with Gasteiger partial charge in [-0.3, -0.25) is 5.09 Å². The van der Waals surface area contributed by atoms with Crippen molar-refractivity contribution in [3.05, 3.63) is 0 Å². The highest BCUT2D eigenvalue weighted by molar-refractivity contribution is 8.38. The second-order valence-electron chi connectivity index (χ2n) is 1.90. The lowest BCUT2D eigenvalue weighted by molar-refractivity contribution is 0.666. The second kappa shape index (κ2) is 4.15. The summed E-state index contributed by atoms with van der Waals surface area (Å²) < 4.78 is 0. The van der Waals surface area contributed by atoms with E-state index in [1.807, 2.05) is 6.92 Å². The number of nitrogens with one attached hydrogen (secondary N) is 1. The van der Waals surface area contributed by atoms with E-state index in [1.165, 1.54) is 0 Å². The summed E-state index contributed by atoms with van der Waals surface area (Å²) in [5, 5.41) is 2.93. The van der Waals surface area contributed by atoms with Gasteiger partial charge in [-0.1, -0.05) is 29.4 Å². The van der Waals surface area contributed by atoms with Gasteiger partial charge in [-0.05, 0) is 25.2 Å². The molecule has 0 heterocycles. The molecule has 0 fully saturated rings. The molecule has 1 nitrogen and oxygen atoms in total. The Balaban J connectivity index is 3.60. The Labute approximate surface area is 70.8 Å².